The van der Waals surface area contributed by atoms with Crippen molar-refractivity contribution in [2.75, 3.05) is 12.0 Å². The topological polar surface area (TPSA) is 83.9 Å². The summed E-state index contributed by atoms with van der Waals surface area (Å²) in [6, 6.07) is 19.9. The minimum absolute atomic E-state index is 0.00192. The van der Waals surface area contributed by atoms with Gasteiger partial charge in [-0.05, 0) is 54.8 Å². The number of aliphatic hydroxyl groups excluding tert-OH is 1. The Morgan fingerprint density at radius 3 is 2.27 bits per heavy atom. The van der Waals surface area contributed by atoms with Crippen molar-refractivity contribution in [1.82, 2.24) is 0 Å². The number of ketones is 1. The fourth-order valence-electron chi connectivity index (χ4n) is 3.99. The number of aliphatic hydroxyl groups is 1. The second kappa shape index (κ2) is 8.74. The van der Waals surface area contributed by atoms with Crippen molar-refractivity contribution in [3.63, 3.8) is 0 Å². The SMILES string of the molecule is COC(=O)c1cccc(N2C(=O)C(=O)/C(=C(/O)c3ccc(C)c(C)c3)C2c2ccccc2)c1. The van der Waals surface area contributed by atoms with Gasteiger partial charge in [-0.15, -0.1) is 0 Å². The van der Waals surface area contributed by atoms with Crippen molar-refractivity contribution in [3.8, 4) is 0 Å². The van der Waals surface area contributed by atoms with Gasteiger partial charge in [-0.3, -0.25) is 14.5 Å². The van der Waals surface area contributed by atoms with Crippen molar-refractivity contribution in [2.45, 2.75) is 19.9 Å². The van der Waals surface area contributed by atoms with Crippen LogP contribution in [-0.4, -0.2) is 29.9 Å². The molecule has 3 aromatic carbocycles. The molecular weight excluding hydrogens is 418 g/mol. The molecule has 1 aliphatic rings. The summed E-state index contributed by atoms with van der Waals surface area (Å²) in [6.07, 6.45) is 0. The second-order valence-corrected chi connectivity index (χ2v) is 7.92. The highest BCUT2D eigenvalue weighted by Crippen LogP contribution is 2.42. The van der Waals surface area contributed by atoms with Gasteiger partial charge < -0.3 is 9.84 Å². The van der Waals surface area contributed by atoms with Crippen LogP contribution in [-0.2, 0) is 14.3 Å². The molecule has 4 rings (SSSR count). The lowest BCUT2D eigenvalue weighted by atomic mass is 9.94. The van der Waals surface area contributed by atoms with Crippen LogP contribution in [0.25, 0.3) is 5.76 Å². The molecule has 0 saturated carbocycles. The number of anilines is 1. The number of carbonyl (C=O) groups excluding carboxylic acids is 3. The zero-order valence-corrected chi connectivity index (χ0v) is 18.5. The average molecular weight is 441 g/mol. The maximum absolute atomic E-state index is 13.2. The van der Waals surface area contributed by atoms with Crippen molar-refractivity contribution in [2.24, 2.45) is 0 Å². The van der Waals surface area contributed by atoms with E-state index in [1.54, 1.807) is 54.6 Å². The number of ether oxygens (including phenoxy) is 1. The lowest BCUT2D eigenvalue weighted by molar-refractivity contribution is -0.132. The third kappa shape index (κ3) is 3.91. The number of nitrogens with zero attached hydrogens (tertiary/aromatic N) is 1. The summed E-state index contributed by atoms with van der Waals surface area (Å²) in [5, 5.41) is 11.2. The molecule has 0 radical (unpaired) electrons. The summed E-state index contributed by atoms with van der Waals surface area (Å²) in [5.74, 6) is -2.36. The fraction of sp³-hybridized carbons (Fsp3) is 0.148. The van der Waals surface area contributed by atoms with Gasteiger partial charge in [-0.25, -0.2) is 4.79 Å². The number of esters is 1. The van der Waals surface area contributed by atoms with Crippen LogP contribution < -0.4 is 4.90 Å². The summed E-state index contributed by atoms with van der Waals surface area (Å²) in [5.41, 5.74) is 3.72. The molecule has 1 amide bonds. The Hall–Kier alpha value is -4.19. The minimum Gasteiger partial charge on any atom is -0.507 e. The highest BCUT2D eigenvalue weighted by Gasteiger charge is 2.47. The minimum atomic E-state index is -0.860. The molecule has 6 heteroatoms. The lowest BCUT2D eigenvalue weighted by Crippen LogP contribution is -2.29. The van der Waals surface area contributed by atoms with Crippen LogP contribution in [0.5, 0.6) is 0 Å². The zero-order chi connectivity index (χ0) is 23.7. The van der Waals surface area contributed by atoms with Crippen LogP contribution in [0, 0.1) is 13.8 Å². The Kier molecular flexibility index (Phi) is 5.84. The number of methoxy groups -OCH3 is 1. The van der Waals surface area contributed by atoms with Gasteiger partial charge in [-0.2, -0.15) is 0 Å². The van der Waals surface area contributed by atoms with E-state index in [1.165, 1.54) is 18.1 Å². The van der Waals surface area contributed by atoms with Gasteiger partial charge in [0.05, 0.1) is 24.3 Å². The van der Waals surface area contributed by atoms with Crippen molar-refractivity contribution in [3.05, 3.63) is 106 Å². The molecule has 0 bridgehead atoms. The standard InChI is InChI=1S/C27H23NO5/c1-16-12-13-19(14-17(16)2)24(29)22-23(18-8-5-4-6-9-18)28(26(31)25(22)30)21-11-7-10-20(15-21)27(32)33-3/h4-15,23,29H,1-3H3/b24-22+. The fourth-order valence-corrected chi connectivity index (χ4v) is 3.99. The van der Waals surface area contributed by atoms with E-state index in [1.807, 2.05) is 26.0 Å². The molecule has 1 atom stereocenters. The van der Waals surface area contributed by atoms with Gasteiger partial charge in [0.1, 0.15) is 5.76 Å². The Morgan fingerprint density at radius 2 is 1.61 bits per heavy atom. The van der Waals surface area contributed by atoms with Crippen LogP contribution in [0.3, 0.4) is 0 Å². The molecule has 1 unspecified atom stereocenters. The van der Waals surface area contributed by atoms with Crippen LogP contribution >= 0.6 is 0 Å². The van der Waals surface area contributed by atoms with E-state index in [9.17, 15) is 19.5 Å². The third-order valence-corrected chi connectivity index (χ3v) is 5.89. The normalized spacial score (nSPS) is 17.3. The van der Waals surface area contributed by atoms with Crippen LogP contribution in [0.2, 0.25) is 0 Å². The molecule has 1 saturated heterocycles. The first kappa shape index (κ1) is 22.0. The van der Waals surface area contributed by atoms with Gasteiger partial charge in [0.15, 0.2) is 0 Å². The maximum Gasteiger partial charge on any atom is 0.337 e. The average Bonchev–Trinajstić information content (AvgIpc) is 3.11. The van der Waals surface area contributed by atoms with Gasteiger partial charge in [0, 0.05) is 11.3 Å². The number of aryl methyl sites for hydroxylation is 2. The molecule has 0 aromatic heterocycles. The molecule has 3 aromatic rings. The lowest BCUT2D eigenvalue weighted by Gasteiger charge is -2.25. The summed E-state index contributed by atoms with van der Waals surface area (Å²) in [4.78, 5) is 39.8. The highest BCUT2D eigenvalue weighted by atomic mass is 16.5. The Labute approximate surface area is 191 Å². The Morgan fingerprint density at radius 1 is 0.879 bits per heavy atom. The molecule has 0 aliphatic carbocycles. The molecule has 1 heterocycles. The molecule has 1 fully saturated rings. The molecule has 1 N–H and O–H groups in total. The van der Waals surface area contributed by atoms with Crippen molar-refractivity contribution < 1.29 is 24.2 Å². The molecule has 1 aliphatic heterocycles. The van der Waals surface area contributed by atoms with Crippen LogP contribution in [0.15, 0.2) is 78.4 Å². The zero-order valence-electron chi connectivity index (χ0n) is 18.5. The smallest absolute Gasteiger partial charge is 0.337 e. The molecular formula is C27H23NO5. The van der Waals surface area contributed by atoms with E-state index in [-0.39, 0.29) is 16.9 Å². The van der Waals surface area contributed by atoms with E-state index < -0.39 is 23.7 Å². The largest absolute Gasteiger partial charge is 0.507 e. The predicted molar refractivity (Wildman–Crippen MR) is 125 cm³/mol. The van der Waals surface area contributed by atoms with Gasteiger partial charge in [0.25, 0.3) is 11.7 Å². The molecule has 33 heavy (non-hydrogen) atoms. The summed E-state index contributed by atoms with van der Waals surface area (Å²) in [6.45, 7) is 3.87. The van der Waals surface area contributed by atoms with E-state index in [0.717, 1.165) is 11.1 Å². The third-order valence-electron chi connectivity index (χ3n) is 5.89. The van der Waals surface area contributed by atoms with Crippen LogP contribution in [0.4, 0.5) is 5.69 Å². The van der Waals surface area contributed by atoms with E-state index >= 15 is 0 Å². The number of rotatable bonds is 4. The first-order valence-corrected chi connectivity index (χ1v) is 10.5. The first-order chi connectivity index (χ1) is 15.8. The summed E-state index contributed by atoms with van der Waals surface area (Å²) >= 11 is 0. The highest BCUT2D eigenvalue weighted by molar-refractivity contribution is 6.51. The van der Waals surface area contributed by atoms with Crippen LogP contribution in [0.1, 0.15) is 38.7 Å². The number of Topliss-reactive ketones (excluding diaryl/α,β-unsaturated/α-hetero) is 1. The van der Waals surface area contributed by atoms with E-state index in [4.69, 9.17) is 4.74 Å². The number of carbonyl (C=O) groups is 3. The monoisotopic (exact) mass is 441 g/mol. The number of hydrogen-bond donors (Lipinski definition) is 1. The Bertz CT molecular complexity index is 1290. The molecule has 0 spiro atoms. The first-order valence-electron chi connectivity index (χ1n) is 10.5. The second-order valence-electron chi connectivity index (χ2n) is 7.92. The predicted octanol–water partition coefficient (Wildman–Crippen LogP) is 4.72. The number of benzene rings is 3. The maximum atomic E-state index is 13.2. The van der Waals surface area contributed by atoms with E-state index in [2.05, 4.69) is 0 Å². The Balaban J connectivity index is 1.93. The number of hydrogen-bond acceptors (Lipinski definition) is 5. The molecule has 6 nitrogen and oxygen atoms in total. The van der Waals surface area contributed by atoms with Crippen molar-refractivity contribution in [1.29, 1.82) is 0 Å². The van der Waals surface area contributed by atoms with Gasteiger partial charge in [0.2, 0.25) is 0 Å². The summed E-state index contributed by atoms with van der Waals surface area (Å²) in [7, 11) is 1.27. The molecule has 166 valence electrons. The van der Waals surface area contributed by atoms with Crippen molar-refractivity contribution >= 4 is 29.1 Å². The number of amides is 1. The van der Waals surface area contributed by atoms with Gasteiger partial charge >= 0.3 is 5.97 Å². The van der Waals surface area contributed by atoms with E-state index in [0.29, 0.717) is 16.8 Å². The summed E-state index contributed by atoms with van der Waals surface area (Å²) < 4.78 is 4.79. The quantitative estimate of drug-likeness (QED) is 0.274. The van der Waals surface area contributed by atoms with Gasteiger partial charge in [-0.1, -0.05) is 48.5 Å².